The van der Waals surface area contributed by atoms with Crippen LogP contribution in [0, 0.1) is 0 Å². The molecule has 0 spiro atoms. The van der Waals surface area contributed by atoms with Crippen molar-refractivity contribution in [2.45, 2.75) is 18.4 Å². The molecule has 1 aromatic heterocycles. The third kappa shape index (κ3) is 3.54. The SMILES string of the molecule is CCn1c(O)c(C2=c3cccc(Br)c3=NC2=O)sc1=Nc1ccc(S(N)(=O)=O)cc1. The fourth-order valence-electron chi connectivity index (χ4n) is 3.08. The van der Waals surface area contributed by atoms with Gasteiger partial charge < -0.3 is 5.11 Å². The van der Waals surface area contributed by atoms with Gasteiger partial charge in [0.05, 0.1) is 21.5 Å². The summed E-state index contributed by atoms with van der Waals surface area (Å²) in [5, 5.41) is 17.1. The summed E-state index contributed by atoms with van der Waals surface area (Å²) in [5.74, 6) is -0.505. The van der Waals surface area contributed by atoms with E-state index in [1.807, 2.05) is 6.92 Å². The number of amides is 1. The number of carbonyl (C=O) groups is 1. The monoisotopic (exact) mass is 506 g/mol. The number of halogens is 1. The van der Waals surface area contributed by atoms with E-state index in [0.717, 1.165) is 11.3 Å². The molecule has 0 saturated carbocycles. The summed E-state index contributed by atoms with van der Waals surface area (Å²) in [6.45, 7) is 2.26. The lowest BCUT2D eigenvalue weighted by Gasteiger charge is -2.02. The van der Waals surface area contributed by atoms with Gasteiger partial charge in [0.1, 0.15) is 4.88 Å². The Hall–Kier alpha value is -2.60. The molecule has 8 nitrogen and oxygen atoms in total. The number of rotatable bonds is 4. The van der Waals surface area contributed by atoms with Crippen LogP contribution < -0.4 is 20.5 Å². The largest absolute Gasteiger partial charge is 0.493 e. The Morgan fingerprint density at radius 3 is 2.57 bits per heavy atom. The molecule has 4 rings (SSSR count). The van der Waals surface area contributed by atoms with Crippen molar-refractivity contribution in [3.05, 3.63) is 67.2 Å². The number of nitrogens with zero attached hydrogens (tertiary/aromatic N) is 3. The van der Waals surface area contributed by atoms with Crippen molar-refractivity contribution in [3.63, 3.8) is 0 Å². The van der Waals surface area contributed by atoms with Crippen LogP contribution in [0.4, 0.5) is 5.69 Å². The fourth-order valence-corrected chi connectivity index (χ4v) is 5.21. The van der Waals surface area contributed by atoms with Gasteiger partial charge in [-0.1, -0.05) is 23.5 Å². The first kappa shape index (κ1) is 20.7. The molecular weight excluding hydrogens is 492 g/mol. The quantitative estimate of drug-likeness (QED) is 0.552. The Kier molecular flexibility index (Phi) is 5.22. The first-order valence-corrected chi connectivity index (χ1v) is 11.9. The van der Waals surface area contributed by atoms with Gasteiger partial charge in [0.15, 0.2) is 4.80 Å². The third-order valence-electron chi connectivity index (χ3n) is 4.50. The van der Waals surface area contributed by atoms with E-state index in [0.29, 0.717) is 42.5 Å². The molecule has 0 atom stereocenters. The minimum atomic E-state index is -3.80. The summed E-state index contributed by atoms with van der Waals surface area (Å²) in [5.41, 5.74) is 0.801. The second-order valence-electron chi connectivity index (χ2n) is 6.36. The number of primary sulfonamides is 1. The lowest BCUT2D eigenvalue weighted by molar-refractivity contribution is -0.112. The molecule has 3 N–H and O–H groups in total. The summed E-state index contributed by atoms with van der Waals surface area (Å²) in [6.07, 6.45) is 0. The van der Waals surface area contributed by atoms with Crippen molar-refractivity contribution < 1.29 is 18.3 Å². The number of para-hydroxylation sites is 1. The molecule has 0 unspecified atom stereocenters. The highest BCUT2D eigenvalue weighted by Gasteiger charge is 2.26. The van der Waals surface area contributed by atoms with Gasteiger partial charge in [0.2, 0.25) is 15.9 Å². The number of nitrogens with two attached hydrogens (primary N) is 1. The molecule has 0 fully saturated rings. The molecule has 1 aliphatic rings. The second-order valence-corrected chi connectivity index (χ2v) is 9.75. The molecule has 0 aliphatic carbocycles. The van der Waals surface area contributed by atoms with E-state index in [4.69, 9.17) is 5.14 Å². The maximum Gasteiger partial charge on any atom is 0.279 e. The normalized spacial score (nSPS) is 14.2. The van der Waals surface area contributed by atoms with Crippen LogP contribution in [0.1, 0.15) is 11.8 Å². The molecule has 1 amide bonds. The number of aromatic hydroxyl groups is 1. The van der Waals surface area contributed by atoms with E-state index in [1.165, 1.54) is 24.3 Å². The Balaban J connectivity index is 1.91. The summed E-state index contributed by atoms with van der Waals surface area (Å²) < 4.78 is 25.1. The topological polar surface area (TPSA) is 127 Å². The van der Waals surface area contributed by atoms with E-state index in [1.54, 1.807) is 22.8 Å². The van der Waals surface area contributed by atoms with Crippen LogP contribution in [0.3, 0.4) is 0 Å². The number of benzene rings is 2. The van der Waals surface area contributed by atoms with Crippen LogP contribution in [0.2, 0.25) is 0 Å². The average molecular weight is 507 g/mol. The lowest BCUT2D eigenvalue weighted by atomic mass is 10.1. The molecule has 154 valence electrons. The van der Waals surface area contributed by atoms with E-state index in [-0.39, 0.29) is 10.8 Å². The Morgan fingerprint density at radius 2 is 1.93 bits per heavy atom. The zero-order valence-electron chi connectivity index (χ0n) is 15.5. The molecule has 11 heteroatoms. The van der Waals surface area contributed by atoms with E-state index in [9.17, 15) is 18.3 Å². The molecule has 0 saturated heterocycles. The maximum atomic E-state index is 12.6. The molecule has 2 heterocycles. The highest BCUT2D eigenvalue weighted by atomic mass is 79.9. The van der Waals surface area contributed by atoms with Gasteiger partial charge in [0.25, 0.3) is 5.91 Å². The summed E-state index contributed by atoms with van der Waals surface area (Å²) >= 11 is 4.55. The van der Waals surface area contributed by atoms with Gasteiger partial charge in [-0.05, 0) is 53.2 Å². The maximum absolute atomic E-state index is 12.6. The molecule has 0 bridgehead atoms. The van der Waals surface area contributed by atoms with Gasteiger partial charge >= 0.3 is 0 Å². The Labute approximate surface area is 183 Å². The van der Waals surface area contributed by atoms with Crippen LogP contribution in [-0.4, -0.2) is 24.0 Å². The molecule has 3 aromatic rings. The molecule has 30 heavy (non-hydrogen) atoms. The van der Waals surface area contributed by atoms with Crippen molar-refractivity contribution in [2.75, 3.05) is 0 Å². The highest BCUT2D eigenvalue weighted by molar-refractivity contribution is 9.10. The van der Waals surface area contributed by atoms with Crippen molar-refractivity contribution in [2.24, 2.45) is 15.1 Å². The van der Waals surface area contributed by atoms with Crippen LogP contribution in [0.5, 0.6) is 5.88 Å². The van der Waals surface area contributed by atoms with Gasteiger partial charge in [-0.3, -0.25) is 9.36 Å². The predicted molar refractivity (Wildman–Crippen MR) is 115 cm³/mol. The van der Waals surface area contributed by atoms with E-state index < -0.39 is 15.9 Å². The highest BCUT2D eigenvalue weighted by Crippen LogP contribution is 2.29. The summed E-state index contributed by atoms with van der Waals surface area (Å²) in [6, 6.07) is 11.1. The minimum Gasteiger partial charge on any atom is -0.493 e. The van der Waals surface area contributed by atoms with Crippen LogP contribution in [-0.2, 0) is 21.4 Å². The van der Waals surface area contributed by atoms with Crippen LogP contribution in [0.15, 0.2) is 61.8 Å². The van der Waals surface area contributed by atoms with Gasteiger partial charge in [0, 0.05) is 16.2 Å². The molecular formula is C19H15BrN4O4S2. The van der Waals surface area contributed by atoms with Crippen LogP contribution >= 0.6 is 27.3 Å². The predicted octanol–water partition coefficient (Wildman–Crippen LogP) is 1.28. The number of aromatic nitrogens is 1. The number of carbonyl (C=O) groups excluding carboxylic acids is 1. The number of sulfonamides is 1. The first-order chi connectivity index (χ1) is 14.2. The van der Waals surface area contributed by atoms with Crippen molar-refractivity contribution in [1.29, 1.82) is 0 Å². The van der Waals surface area contributed by atoms with Crippen LogP contribution in [0.25, 0.3) is 5.57 Å². The smallest absolute Gasteiger partial charge is 0.279 e. The standard InChI is InChI=1S/C19H15BrN4O4S2/c1-2-24-18(26)16(14-12-4-3-5-13(20)15(12)23-17(14)25)29-19(24)22-10-6-8-11(9-7-10)30(21,27)28/h3-9,26H,2H2,1H3,(H2,21,27,28). The first-order valence-electron chi connectivity index (χ1n) is 8.73. The van der Waals surface area contributed by atoms with E-state index >= 15 is 0 Å². The van der Waals surface area contributed by atoms with Gasteiger partial charge in [-0.2, -0.15) is 0 Å². The lowest BCUT2D eigenvalue weighted by Crippen LogP contribution is -2.24. The number of hydrogen-bond donors (Lipinski definition) is 2. The number of hydrogen-bond acceptors (Lipinski definition) is 6. The second kappa shape index (κ2) is 7.58. The zero-order chi connectivity index (χ0) is 21.6. The summed E-state index contributed by atoms with van der Waals surface area (Å²) in [7, 11) is -3.80. The zero-order valence-corrected chi connectivity index (χ0v) is 18.8. The minimum absolute atomic E-state index is 0.0181. The number of fused-ring (bicyclic) bond motifs is 1. The van der Waals surface area contributed by atoms with Crippen molar-refractivity contribution in [3.8, 4) is 5.88 Å². The molecule has 2 aromatic carbocycles. The molecule has 1 aliphatic heterocycles. The number of thiazole rings is 1. The van der Waals surface area contributed by atoms with Crippen molar-refractivity contribution >= 4 is 54.5 Å². The fraction of sp³-hybridized carbons (Fsp3) is 0.105. The Morgan fingerprint density at radius 1 is 1.23 bits per heavy atom. The average Bonchev–Trinajstić information content (AvgIpc) is 3.18. The van der Waals surface area contributed by atoms with Gasteiger partial charge in [-0.25, -0.2) is 23.5 Å². The molecule has 0 radical (unpaired) electrons. The van der Waals surface area contributed by atoms with E-state index in [2.05, 4.69) is 25.9 Å². The summed E-state index contributed by atoms with van der Waals surface area (Å²) in [4.78, 5) is 22.0. The van der Waals surface area contributed by atoms with Gasteiger partial charge in [-0.15, -0.1) is 0 Å². The third-order valence-corrected chi connectivity index (χ3v) is 7.15. The Bertz CT molecular complexity index is 1490. The van der Waals surface area contributed by atoms with Crippen molar-refractivity contribution in [1.82, 2.24) is 4.57 Å².